The zero-order chi connectivity index (χ0) is 40.7. The molecule has 1 saturated carbocycles. The third-order valence-corrected chi connectivity index (χ3v) is 10.4. The molecule has 0 aromatic carbocycles. The summed E-state index contributed by atoms with van der Waals surface area (Å²) >= 11 is 0. The predicted molar refractivity (Wildman–Crippen MR) is 195 cm³/mol. The second-order valence-corrected chi connectivity index (χ2v) is 17.9. The Morgan fingerprint density at radius 2 is 0.571 bits per heavy atom. The number of epoxide rings is 4. The van der Waals surface area contributed by atoms with E-state index in [0.29, 0.717) is 78.5 Å². The Morgan fingerprint density at radius 3 is 0.732 bits per heavy atom. The maximum atomic E-state index is 14.3. The number of rotatable bonds is 28. The first-order valence-corrected chi connectivity index (χ1v) is 20.0. The molecular formula is C40H64O16. The van der Waals surface area contributed by atoms with Crippen LogP contribution in [0.4, 0.5) is 0 Å². The van der Waals surface area contributed by atoms with Gasteiger partial charge in [0.25, 0.3) is 0 Å². The zero-order valence-corrected chi connectivity index (χ0v) is 34.5. The standard InChI is InChI=1S/C40H64O16/c1-37(2,9-13-45-17-25-21-49-25)53-33(41)29-30(34(42)54-38(3,4)10-14-46-18-26-22-50-26)32(36(44)56-40(7,8)12-16-48-20-28-24-52-28)31(29)35(43)55-39(5,6)11-15-47-19-27-23-51-27/h25-32H,9-24H2,1-8H3. The lowest BCUT2D eigenvalue weighted by Gasteiger charge is -2.48. The Morgan fingerprint density at radius 1 is 0.393 bits per heavy atom. The van der Waals surface area contributed by atoms with Crippen LogP contribution in [0.5, 0.6) is 0 Å². The first-order valence-electron chi connectivity index (χ1n) is 20.0. The van der Waals surface area contributed by atoms with Crippen molar-refractivity contribution in [2.45, 2.75) is 128 Å². The monoisotopic (exact) mass is 800 g/mol. The van der Waals surface area contributed by atoms with E-state index in [2.05, 4.69) is 0 Å². The van der Waals surface area contributed by atoms with E-state index in [1.54, 1.807) is 55.4 Å². The molecule has 16 nitrogen and oxygen atoms in total. The number of esters is 4. The van der Waals surface area contributed by atoms with Crippen molar-refractivity contribution in [1.82, 2.24) is 0 Å². The van der Waals surface area contributed by atoms with Crippen LogP contribution < -0.4 is 0 Å². The Hall–Kier alpha value is -2.44. The van der Waals surface area contributed by atoms with Crippen LogP contribution in [0, 0.1) is 23.7 Å². The van der Waals surface area contributed by atoms with Crippen molar-refractivity contribution in [2.24, 2.45) is 23.7 Å². The summed E-state index contributed by atoms with van der Waals surface area (Å²) in [7, 11) is 0. The van der Waals surface area contributed by atoms with Crippen molar-refractivity contribution < 1.29 is 76.0 Å². The third-order valence-electron chi connectivity index (χ3n) is 10.4. The van der Waals surface area contributed by atoms with Crippen LogP contribution in [0.15, 0.2) is 0 Å². The van der Waals surface area contributed by atoms with Gasteiger partial charge in [0.2, 0.25) is 0 Å². The normalized spacial score (nSPS) is 28.1. The van der Waals surface area contributed by atoms with Crippen LogP contribution in [-0.2, 0) is 76.0 Å². The average Bonchev–Trinajstić information content (AvgIpc) is 3.87. The lowest BCUT2D eigenvalue weighted by atomic mass is 9.56. The molecule has 5 fully saturated rings. The Bertz CT molecular complexity index is 1120. The minimum atomic E-state index is -1.41. The molecule has 4 unspecified atom stereocenters. The summed E-state index contributed by atoms with van der Waals surface area (Å²) in [6, 6.07) is 0. The van der Waals surface area contributed by atoms with Crippen molar-refractivity contribution in [1.29, 1.82) is 0 Å². The lowest BCUT2D eigenvalue weighted by molar-refractivity contribution is -0.216. The Balaban J connectivity index is 1.33. The van der Waals surface area contributed by atoms with Crippen molar-refractivity contribution in [3.8, 4) is 0 Å². The van der Waals surface area contributed by atoms with E-state index in [1.807, 2.05) is 0 Å². The quantitative estimate of drug-likeness (QED) is 0.0485. The molecule has 4 saturated heterocycles. The molecular weight excluding hydrogens is 736 g/mol. The van der Waals surface area contributed by atoms with Gasteiger partial charge < -0.3 is 56.8 Å². The molecule has 5 aliphatic rings. The molecule has 0 aromatic heterocycles. The largest absolute Gasteiger partial charge is 0.459 e. The molecule has 0 aromatic rings. The minimum Gasteiger partial charge on any atom is -0.459 e. The second-order valence-electron chi connectivity index (χ2n) is 17.9. The van der Waals surface area contributed by atoms with Crippen LogP contribution >= 0.6 is 0 Å². The molecule has 4 aliphatic heterocycles. The summed E-state index contributed by atoms with van der Waals surface area (Å²) in [5, 5.41) is 0. The van der Waals surface area contributed by atoms with Crippen molar-refractivity contribution in [3.05, 3.63) is 0 Å². The Kier molecular flexibility index (Phi) is 15.2. The van der Waals surface area contributed by atoms with E-state index >= 15 is 0 Å². The molecule has 0 spiro atoms. The van der Waals surface area contributed by atoms with Crippen molar-refractivity contribution in [2.75, 3.05) is 79.3 Å². The minimum absolute atomic E-state index is 0.0757. The topological polar surface area (TPSA) is 192 Å². The van der Waals surface area contributed by atoms with Gasteiger partial charge in [0, 0.05) is 25.7 Å². The van der Waals surface area contributed by atoms with Gasteiger partial charge >= 0.3 is 23.9 Å². The summed E-state index contributed by atoms with van der Waals surface area (Å²) in [6.07, 6.45) is 1.62. The average molecular weight is 801 g/mol. The second kappa shape index (κ2) is 19.1. The summed E-state index contributed by atoms with van der Waals surface area (Å²) < 4.78 is 67.6. The van der Waals surface area contributed by atoms with E-state index < -0.39 is 70.0 Å². The third kappa shape index (κ3) is 15.1. The fourth-order valence-electron chi connectivity index (χ4n) is 6.27. The summed E-state index contributed by atoms with van der Waals surface area (Å²) in [5.74, 6) is -8.96. The van der Waals surface area contributed by atoms with Gasteiger partial charge in [-0.2, -0.15) is 0 Å². The van der Waals surface area contributed by atoms with Gasteiger partial charge in [0.15, 0.2) is 0 Å². The van der Waals surface area contributed by atoms with Crippen LogP contribution in [0.2, 0.25) is 0 Å². The van der Waals surface area contributed by atoms with Gasteiger partial charge in [-0.05, 0) is 55.4 Å². The first-order chi connectivity index (χ1) is 26.3. The van der Waals surface area contributed by atoms with E-state index in [0.717, 1.165) is 0 Å². The highest BCUT2D eigenvalue weighted by Gasteiger charge is 2.67. The lowest BCUT2D eigenvalue weighted by Crippen LogP contribution is -2.63. The summed E-state index contributed by atoms with van der Waals surface area (Å²) in [5.41, 5.74) is -4.19. The number of hydrogen-bond donors (Lipinski definition) is 0. The molecule has 0 N–H and O–H groups in total. The van der Waals surface area contributed by atoms with E-state index in [4.69, 9.17) is 56.8 Å². The molecule has 0 radical (unpaired) electrons. The zero-order valence-electron chi connectivity index (χ0n) is 34.5. The number of carbonyl (C=O) groups excluding carboxylic acids is 4. The van der Waals surface area contributed by atoms with Gasteiger partial charge in [-0.25, -0.2) is 0 Å². The number of carbonyl (C=O) groups is 4. The highest BCUT2D eigenvalue weighted by Crippen LogP contribution is 2.51. The summed E-state index contributed by atoms with van der Waals surface area (Å²) in [4.78, 5) is 57.0. The fraction of sp³-hybridized carbons (Fsp3) is 0.900. The number of hydrogen-bond acceptors (Lipinski definition) is 16. The highest BCUT2D eigenvalue weighted by molar-refractivity contribution is 5.98. The van der Waals surface area contributed by atoms with E-state index in [-0.39, 0.29) is 50.8 Å². The predicted octanol–water partition coefficient (Wildman–Crippen LogP) is 2.97. The smallest absolute Gasteiger partial charge is 0.311 e. The van der Waals surface area contributed by atoms with Crippen LogP contribution in [0.1, 0.15) is 81.1 Å². The fourth-order valence-corrected chi connectivity index (χ4v) is 6.27. The van der Waals surface area contributed by atoms with Gasteiger partial charge in [0.1, 0.15) is 46.8 Å². The van der Waals surface area contributed by atoms with Crippen LogP contribution in [0.25, 0.3) is 0 Å². The van der Waals surface area contributed by atoms with Gasteiger partial charge in [-0.3, -0.25) is 19.2 Å². The first kappa shape index (κ1) is 44.7. The van der Waals surface area contributed by atoms with Crippen molar-refractivity contribution >= 4 is 23.9 Å². The maximum Gasteiger partial charge on any atom is 0.311 e. The van der Waals surface area contributed by atoms with Crippen LogP contribution in [0.3, 0.4) is 0 Å². The molecule has 5 rings (SSSR count). The maximum absolute atomic E-state index is 14.3. The molecule has 320 valence electrons. The van der Waals surface area contributed by atoms with E-state index in [9.17, 15) is 19.2 Å². The van der Waals surface area contributed by atoms with Gasteiger partial charge in [-0.15, -0.1) is 0 Å². The van der Waals surface area contributed by atoms with Crippen molar-refractivity contribution in [3.63, 3.8) is 0 Å². The Labute approximate surface area is 330 Å². The molecule has 0 bridgehead atoms. The summed E-state index contributed by atoms with van der Waals surface area (Å²) in [6.45, 7) is 19.2. The highest BCUT2D eigenvalue weighted by atomic mass is 16.6. The SMILES string of the molecule is CC(C)(CCOCC1CO1)OC(=O)C1C(C(=O)OC(C)(C)CCOCC2CO2)C(C(=O)OC(C)(C)CCOCC2CO2)C1C(=O)OC(C)(C)CCOCC1CO1. The molecule has 1 aliphatic carbocycles. The van der Waals surface area contributed by atoms with E-state index in [1.165, 1.54) is 0 Å². The molecule has 16 heteroatoms. The molecule has 4 atom stereocenters. The van der Waals surface area contributed by atoms with Gasteiger partial charge in [-0.1, -0.05) is 0 Å². The van der Waals surface area contributed by atoms with Crippen LogP contribution in [-0.4, -0.2) is 150 Å². The van der Waals surface area contributed by atoms with Gasteiger partial charge in [0.05, 0.1) is 103 Å². The molecule has 4 heterocycles. The molecule has 56 heavy (non-hydrogen) atoms. The number of ether oxygens (including phenoxy) is 12. The molecule has 0 amide bonds.